The average Bonchev–Trinajstić information content (AvgIpc) is 2.92. The van der Waals surface area contributed by atoms with Crippen molar-refractivity contribution in [3.63, 3.8) is 0 Å². The van der Waals surface area contributed by atoms with Gasteiger partial charge in [0.2, 0.25) is 0 Å². The Bertz CT molecular complexity index is 1360. The molecule has 0 fully saturated rings. The van der Waals surface area contributed by atoms with Crippen molar-refractivity contribution in [2.24, 2.45) is 0 Å². The molecule has 4 aromatic rings. The van der Waals surface area contributed by atoms with Crippen molar-refractivity contribution in [3.05, 3.63) is 135 Å². The van der Waals surface area contributed by atoms with Crippen molar-refractivity contribution in [1.29, 1.82) is 0 Å². The van der Waals surface area contributed by atoms with Gasteiger partial charge in [-0.2, -0.15) is 0 Å². The highest BCUT2D eigenvalue weighted by molar-refractivity contribution is 5.71. The van der Waals surface area contributed by atoms with Gasteiger partial charge in [0.15, 0.2) is 6.61 Å². The first kappa shape index (κ1) is 26.9. The standard InChI is InChI=1S/C33H35NO4/c1-4-37-32(36)23-38-30-9-5-7-26(21-30)8-6-20-34-22-29(18-19-31(34)35)33(27-14-10-24(2)11-15-27)28-16-12-25(3)13-17-28/h5,7,9-19,21-22,33H,4,6,8,20,23H2,1-3H3. The van der Waals surface area contributed by atoms with Crippen LogP contribution in [0.5, 0.6) is 5.75 Å². The number of benzene rings is 3. The molecule has 0 N–H and O–H groups in total. The van der Waals surface area contributed by atoms with Crippen molar-refractivity contribution in [2.75, 3.05) is 13.2 Å². The Balaban J connectivity index is 1.49. The Morgan fingerprint density at radius 2 is 1.47 bits per heavy atom. The minimum atomic E-state index is -0.383. The molecule has 196 valence electrons. The highest BCUT2D eigenvalue weighted by atomic mass is 16.6. The molecule has 0 atom stereocenters. The number of nitrogens with zero attached hydrogens (tertiary/aromatic N) is 1. The predicted molar refractivity (Wildman–Crippen MR) is 151 cm³/mol. The summed E-state index contributed by atoms with van der Waals surface area (Å²) in [6.45, 7) is 6.78. The normalized spacial score (nSPS) is 10.9. The van der Waals surface area contributed by atoms with Gasteiger partial charge in [-0.1, -0.05) is 77.9 Å². The van der Waals surface area contributed by atoms with Crippen LogP contribution in [0.2, 0.25) is 0 Å². The topological polar surface area (TPSA) is 57.5 Å². The van der Waals surface area contributed by atoms with Gasteiger partial charge < -0.3 is 14.0 Å². The lowest BCUT2D eigenvalue weighted by Gasteiger charge is -2.20. The second-order valence-corrected chi connectivity index (χ2v) is 9.59. The summed E-state index contributed by atoms with van der Waals surface area (Å²) in [6, 6.07) is 28.6. The smallest absolute Gasteiger partial charge is 0.344 e. The number of carbonyl (C=O) groups is 1. The third-order valence-corrected chi connectivity index (χ3v) is 6.59. The molecule has 0 saturated heterocycles. The number of rotatable bonds is 11. The molecule has 0 unspecified atom stereocenters. The van der Waals surface area contributed by atoms with E-state index in [4.69, 9.17) is 9.47 Å². The van der Waals surface area contributed by atoms with Crippen molar-refractivity contribution < 1.29 is 14.3 Å². The zero-order valence-electron chi connectivity index (χ0n) is 22.4. The zero-order valence-corrected chi connectivity index (χ0v) is 22.4. The second-order valence-electron chi connectivity index (χ2n) is 9.59. The average molecular weight is 510 g/mol. The molecule has 0 aliphatic heterocycles. The maximum Gasteiger partial charge on any atom is 0.344 e. The van der Waals surface area contributed by atoms with Crippen LogP contribution in [0.25, 0.3) is 0 Å². The third-order valence-electron chi connectivity index (χ3n) is 6.59. The van der Waals surface area contributed by atoms with E-state index in [1.54, 1.807) is 13.0 Å². The molecule has 3 aromatic carbocycles. The number of aromatic nitrogens is 1. The van der Waals surface area contributed by atoms with Gasteiger partial charge in [0.1, 0.15) is 5.75 Å². The fraction of sp³-hybridized carbons (Fsp3) is 0.273. The van der Waals surface area contributed by atoms with Crippen LogP contribution in [0.4, 0.5) is 0 Å². The van der Waals surface area contributed by atoms with E-state index in [-0.39, 0.29) is 24.1 Å². The molecule has 0 radical (unpaired) electrons. The van der Waals surface area contributed by atoms with Crippen molar-refractivity contribution in [2.45, 2.75) is 46.1 Å². The lowest BCUT2D eigenvalue weighted by molar-refractivity contribution is -0.145. The highest BCUT2D eigenvalue weighted by Gasteiger charge is 2.18. The highest BCUT2D eigenvalue weighted by Crippen LogP contribution is 2.32. The molecular formula is C33H35NO4. The van der Waals surface area contributed by atoms with Gasteiger partial charge >= 0.3 is 5.97 Å². The van der Waals surface area contributed by atoms with Gasteiger partial charge in [0, 0.05) is 24.7 Å². The zero-order chi connectivity index (χ0) is 26.9. The van der Waals surface area contributed by atoms with Crippen molar-refractivity contribution in [3.8, 4) is 5.75 Å². The number of hydrogen-bond acceptors (Lipinski definition) is 4. The minimum absolute atomic E-state index is 0.00756. The van der Waals surface area contributed by atoms with Crippen LogP contribution in [-0.2, 0) is 22.5 Å². The largest absolute Gasteiger partial charge is 0.482 e. The van der Waals surface area contributed by atoms with Gasteiger partial charge in [-0.25, -0.2) is 4.79 Å². The van der Waals surface area contributed by atoms with E-state index in [1.807, 2.05) is 41.1 Å². The molecule has 0 aliphatic carbocycles. The van der Waals surface area contributed by atoms with Crippen molar-refractivity contribution >= 4 is 5.97 Å². The summed E-state index contributed by atoms with van der Waals surface area (Å²) in [4.78, 5) is 24.3. The Hall–Kier alpha value is -4.12. The first-order valence-corrected chi connectivity index (χ1v) is 13.1. The van der Waals surface area contributed by atoms with Gasteiger partial charge in [0.25, 0.3) is 5.56 Å². The Labute approximate surface area is 224 Å². The molecule has 38 heavy (non-hydrogen) atoms. The molecule has 0 aliphatic rings. The number of ether oxygens (including phenoxy) is 2. The molecule has 0 amide bonds. The Kier molecular flexibility index (Phi) is 9.15. The number of aryl methyl sites for hydroxylation is 4. The van der Waals surface area contributed by atoms with Crippen LogP contribution in [-0.4, -0.2) is 23.8 Å². The van der Waals surface area contributed by atoms with E-state index >= 15 is 0 Å². The Morgan fingerprint density at radius 1 is 0.842 bits per heavy atom. The lowest BCUT2D eigenvalue weighted by atomic mass is 9.85. The second kappa shape index (κ2) is 12.9. The predicted octanol–water partition coefficient (Wildman–Crippen LogP) is 6.22. The molecule has 5 heteroatoms. The molecule has 4 rings (SSSR count). The monoisotopic (exact) mass is 509 g/mol. The van der Waals surface area contributed by atoms with E-state index in [0.717, 1.165) is 24.0 Å². The van der Waals surface area contributed by atoms with Crippen LogP contribution < -0.4 is 10.3 Å². The van der Waals surface area contributed by atoms with Gasteiger partial charge in [-0.05, 0) is 68.0 Å². The van der Waals surface area contributed by atoms with Gasteiger partial charge in [-0.3, -0.25) is 4.79 Å². The summed E-state index contributed by atoms with van der Waals surface area (Å²) in [5, 5.41) is 0. The summed E-state index contributed by atoms with van der Waals surface area (Å²) in [5.74, 6) is 0.289. The fourth-order valence-corrected chi connectivity index (χ4v) is 4.58. The fourth-order valence-electron chi connectivity index (χ4n) is 4.58. The SMILES string of the molecule is CCOC(=O)COc1cccc(CCCn2cc(C(c3ccc(C)cc3)c3ccc(C)cc3)ccc2=O)c1. The number of esters is 1. The molecule has 5 nitrogen and oxygen atoms in total. The van der Waals surface area contributed by atoms with Crippen LogP contribution in [0, 0.1) is 13.8 Å². The first-order chi connectivity index (χ1) is 18.4. The lowest BCUT2D eigenvalue weighted by Crippen LogP contribution is -2.20. The summed E-state index contributed by atoms with van der Waals surface area (Å²) in [7, 11) is 0. The maximum atomic E-state index is 12.8. The van der Waals surface area contributed by atoms with Gasteiger partial charge in [-0.15, -0.1) is 0 Å². The van der Waals surface area contributed by atoms with Crippen LogP contribution in [0.1, 0.15) is 52.6 Å². The van der Waals surface area contributed by atoms with E-state index in [9.17, 15) is 9.59 Å². The van der Waals surface area contributed by atoms with E-state index in [1.165, 1.54) is 22.3 Å². The molecular weight excluding hydrogens is 474 g/mol. The van der Waals surface area contributed by atoms with Crippen LogP contribution in [0.3, 0.4) is 0 Å². The minimum Gasteiger partial charge on any atom is -0.482 e. The van der Waals surface area contributed by atoms with Crippen molar-refractivity contribution in [1.82, 2.24) is 4.57 Å². The number of pyridine rings is 1. The van der Waals surface area contributed by atoms with Crippen LogP contribution in [0.15, 0.2) is 95.9 Å². The molecule has 0 saturated carbocycles. The Morgan fingerprint density at radius 3 is 2.11 bits per heavy atom. The third kappa shape index (κ3) is 7.22. The molecule has 0 bridgehead atoms. The quantitative estimate of drug-likeness (QED) is 0.225. The van der Waals surface area contributed by atoms with E-state index in [0.29, 0.717) is 18.9 Å². The van der Waals surface area contributed by atoms with E-state index < -0.39 is 0 Å². The summed E-state index contributed by atoms with van der Waals surface area (Å²) < 4.78 is 12.3. The van der Waals surface area contributed by atoms with Gasteiger partial charge in [0.05, 0.1) is 6.61 Å². The first-order valence-electron chi connectivity index (χ1n) is 13.1. The molecule has 1 heterocycles. The summed E-state index contributed by atoms with van der Waals surface area (Å²) in [6.07, 6.45) is 3.59. The van der Waals surface area contributed by atoms with E-state index in [2.05, 4.69) is 62.4 Å². The maximum absolute atomic E-state index is 12.8. The van der Waals surface area contributed by atoms with Crippen LogP contribution >= 0.6 is 0 Å². The number of carbonyl (C=O) groups excluding carboxylic acids is 1. The summed E-state index contributed by atoms with van der Waals surface area (Å²) >= 11 is 0. The summed E-state index contributed by atoms with van der Waals surface area (Å²) in [5.41, 5.74) is 7.01. The molecule has 1 aromatic heterocycles. The molecule has 0 spiro atoms. The number of hydrogen-bond donors (Lipinski definition) is 0.